The number of amides is 7. The predicted molar refractivity (Wildman–Crippen MR) is 153 cm³/mol. The number of nitrogens with one attached hydrogen (secondary N) is 4. The molecule has 0 bridgehead atoms. The standard InChI is InChI=1S/C26H44N8O10/c1-4-12(2)20(26(43)44)32-19(38)11-30-24(41)21(13(3)35)33-23(40)16-6-5-9-34(16)25(42)15(10-18(29)37)31-22(39)14(27)7-8-17(28)36/h12-16,20-21,35H,4-11,27H2,1-3H3,(H2,28,36)(H2,29,37)(H,30,41)(H,31,39)(H,32,38)(H,33,40)(H,43,44)/t12-,13+,14-,15-,16-,20-,21-/m0/s1. The topological polar surface area (TPSA) is 306 Å². The van der Waals surface area contributed by atoms with Gasteiger partial charge in [0.2, 0.25) is 41.4 Å². The zero-order chi connectivity index (χ0) is 33.7. The molecule has 1 aliphatic heterocycles. The van der Waals surface area contributed by atoms with Crippen molar-refractivity contribution >= 4 is 47.3 Å². The van der Waals surface area contributed by atoms with Crippen LogP contribution in [-0.2, 0) is 38.4 Å². The van der Waals surface area contributed by atoms with Gasteiger partial charge < -0.3 is 53.6 Å². The lowest BCUT2D eigenvalue weighted by molar-refractivity contribution is -0.144. The van der Waals surface area contributed by atoms with Crippen molar-refractivity contribution in [3.8, 4) is 0 Å². The second-order valence-corrected chi connectivity index (χ2v) is 10.7. The first-order valence-corrected chi connectivity index (χ1v) is 14.2. The largest absolute Gasteiger partial charge is 0.480 e. The summed E-state index contributed by atoms with van der Waals surface area (Å²) in [5.41, 5.74) is 16.1. The maximum atomic E-state index is 13.4. The first-order chi connectivity index (χ1) is 20.5. The van der Waals surface area contributed by atoms with Crippen molar-refractivity contribution in [1.29, 1.82) is 0 Å². The molecule has 1 rings (SSSR count). The van der Waals surface area contributed by atoms with Crippen LogP contribution >= 0.6 is 0 Å². The Balaban J connectivity index is 2.94. The van der Waals surface area contributed by atoms with Gasteiger partial charge in [-0.3, -0.25) is 33.6 Å². The molecule has 12 N–H and O–H groups in total. The van der Waals surface area contributed by atoms with Crippen molar-refractivity contribution in [2.75, 3.05) is 13.1 Å². The van der Waals surface area contributed by atoms with E-state index >= 15 is 0 Å². The van der Waals surface area contributed by atoms with Crippen molar-refractivity contribution in [3.63, 3.8) is 0 Å². The Kier molecular flexibility index (Phi) is 15.2. The summed E-state index contributed by atoms with van der Waals surface area (Å²) in [6, 6.07) is -6.59. The summed E-state index contributed by atoms with van der Waals surface area (Å²) in [6.45, 7) is 4.03. The maximum Gasteiger partial charge on any atom is 0.326 e. The number of rotatable bonds is 18. The van der Waals surface area contributed by atoms with Gasteiger partial charge >= 0.3 is 5.97 Å². The number of carbonyl (C=O) groups excluding carboxylic acids is 7. The van der Waals surface area contributed by atoms with Gasteiger partial charge in [-0.25, -0.2) is 4.79 Å². The van der Waals surface area contributed by atoms with Crippen LogP contribution in [0.5, 0.6) is 0 Å². The van der Waals surface area contributed by atoms with Gasteiger partial charge in [0.1, 0.15) is 24.2 Å². The number of carboxylic acids is 1. The summed E-state index contributed by atoms with van der Waals surface area (Å²) in [5.74, 6) is -7.49. The highest BCUT2D eigenvalue weighted by Crippen LogP contribution is 2.20. The van der Waals surface area contributed by atoms with Gasteiger partial charge in [0.15, 0.2) is 0 Å². The summed E-state index contributed by atoms with van der Waals surface area (Å²) in [5, 5.41) is 28.8. The van der Waals surface area contributed by atoms with Crippen LogP contribution in [0.15, 0.2) is 0 Å². The van der Waals surface area contributed by atoms with Gasteiger partial charge in [0.25, 0.3) is 0 Å². The Bertz CT molecular complexity index is 1100. The average molecular weight is 629 g/mol. The molecule has 1 fully saturated rings. The summed E-state index contributed by atoms with van der Waals surface area (Å²) in [7, 11) is 0. The Morgan fingerprint density at radius 1 is 0.932 bits per heavy atom. The van der Waals surface area contributed by atoms with E-state index in [1.54, 1.807) is 13.8 Å². The molecular weight excluding hydrogens is 584 g/mol. The third kappa shape index (κ3) is 11.8. The zero-order valence-electron chi connectivity index (χ0n) is 25.0. The predicted octanol–water partition coefficient (Wildman–Crippen LogP) is -4.47. The van der Waals surface area contributed by atoms with E-state index in [1.807, 2.05) is 0 Å². The van der Waals surface area contributed by atoms with E-state index in [-0.39, 0.29) is 31.7 Å². The summed E-state index contributed by atoms with van der Waals surface area (Å²) in [4.78, 5) is 99.3. The van der Waals surface area contributed by atoms with Crippen molar-refractivity contribution in [3.05, 3.63) is 0 Å². The molecule has 0 aliphatic carbocycles. The van der Waals surface area contributed by atoms with Gasteiger partial charge in [0.05, 0.1) is 25.1 Å². The summed E-state index contributed by atoms with van der Waals surface area (Å²) in [6.07, 6.45) is -1.39. The second kappa shape index (κ2) is 17.7. The quantitative estimate of drug-likeness (QED) is 0.0697. The zero-order valence-corrected chi connectivity index (χ0v) is 25.0. The van der Waals surface area contributed by atoms with Crippen LogP contribution in [0.4, 0.5) is 0 Å². The Morgan fingerprint density at radius 2 is 1.57 bits per heavy atom. The molecule has 18 nitrogen and oxygen atoms in total. The molecule has 18 heteroatoms. The fraction of sp³-hybridized carbons (Fsp3) is 0.692. The van der Waals surface area contributed by atoms with Gasteiger partial charge in [-0.15, -0.1) is 0 Å². The van der Waals surface area contributed by atoms with Crippen molar-refractivity contribution < 1.29 is 48.6 Å². The van der Waals surface area contributed by atoms with Gasteiger partial charge in [-0.05, 0) is 32.1 Å². The lowest BCUT2D eigenvalue weighted by atomic mass is 9.99. The number of carboxylic acid groups (broad SMARTS) is 1. The van der Waals surface area contributed by atoms with Gasteiger partial charge in [-0.1, -0.05) is 20.3 Å². The molecule has 0 aromatic rings. The van der Waals surface area contributed by atoms with E-state index in [2.05, 4.69) is 21.3 Å². The van der Waals surface area contributed by atoms with E-state index in [0.29, 0.717) is 12.8 Å². The molecule has 7 atom stereocenters. The minimum absolute atomic E-state index is 0.0580. The van der Waals surface area contributed by atoms with Crippen molar-refractivity contribution in [2.24, 2.45) is 23.1 Å². The number of nitrogens with zero attached hydrogens (tertiary/aromatic N) is 1. The molecule has 0 saturated carbocycles. The van der Waals surface area contributed by atoms with E-state index < -0.39 is 96.6 Å². The number of nitrogens with two attached hydrogens (primary N) is 3. The molecule has 0 spiro atoms. The Hall–Kier alpha value is -4.32. The van der Waals surface area contributed by atoms with Crippen molar-refractivity contribution in [2.45, 2.75) is 95.6 Å². The fourth-order valence-corrected chi connectivity index (χ4v) is 4.45. The first-order valence-electron chi connectivity index (χ1n) is 14.2. The molecular formula is C26H44N8O10. The molecule has 0 aromatic carbocycles. The van der Waals surface area contributed by atoms with E-state index in [0.717, 1.165) is 4.90 Å². The van der Waals surface area contributed by atoms with E-state index in [4.69, 9.17) is 17.2 Å². The normalized spacial score (nSPS) is 18.5. The molecule has 44 heavy (non-hydrogen) atoms. The Morgan fingerprint density at radius 3 is 2.09 bits per heavy atom. The van der Waals surface area contributed by atoms with Crippen LogP contribution in [0.2, 0.25) is 0 Å². The number of aliphatic hydroxyl groups excluding tert-OH is 1. The van der Waals surface area contributed by atoms with Crippen molar-refractivity contribution in [1.82, 2.24) is 26.2 Å². The number of likely N-dealkylation sites (tertiary alicyclic amines) is 1. The monoisotopic (exact) mass is 628 g/mol. The number of hydrogen-bond donors (Lipinski definition) is 9. The lowest BCUT2D eigenvalue weighted by Gasteiger charge is -2.30. The number of carbonyl (C=O) groups is 8. The Labute approximate surface area is 254 Å². The summed E-state index contributed by atoms with van der Waals surface area (Å²) < 4.78 is 0. The molecule has 0 unspecified atom stereocenters. The van der Waals surface area contributed by atoms with Crippen LogP contribution < -0.4 is 38.5 Å². The fourth-order valence-electron chi connectivity index (χ4n) is 4.45. The van der Waals surface area contributed by atoms with Crippen LogP contribution in [0.1, 0.15) is 59.3 Å². The van der Waals surface area contributed by atoms with Gasteiger partial charge in [0, 0.05) is 13.0 Å². The van der Waals surface area contributed by atoms with Crippen LogP contribution in [0.25, 0.3) is 0 Å². The molecule has 1 heterocycles. The maximum absolute atomic E-state index is 13.4. The third-order valence-corrected chi connectivity index (χ3v) is 7.18. The molecule has 0 radical (unpaired) electrons. The number of hydrogen-bond acceptors (Lipinski definition) is 10. The van der Waals surface area contributed by atoms with Gasteiger partial charge in [-0.2, -0.15) is 0 Å². The molecule has 1 saturated heterocycles. The lowest BCUT2D eigenvalue weighted by Crippen LogP contribution is -2.60. The summed E-state index contributed by atoms with van der Waals surface area (Å²) >= 11 is 0. The van der Waals surface area contributed by atoms with E-state index in [9.17, 15) is 48.6 Å². The highest BCUT2D eigenvalue weighted by atomic mass is 16.4. The smallest absolute Gasteiger partial charge is 0.326 e. The van der Waals surface area contributed by atoms with Crippen LogP contribution in [0, 0.1) is 5.92 Å². The highest BCUT2D eigenvalue weighted by Gasteiger charge is 2.40. The second-order valence-electron chi connectivity index (χ2n) is 10.7. The molecule has 248 valence electrons. The first kappa shape index (κ1) is 37.7. The van der Waals surface area contributed by atoms with E-state index in [1.165, 1.54) is 6.92 Å². The number of aliphatic hydroxyl groups is 1. The average Bonchev–Trinajstić information content (AvgIpc) is 3.44. The van der Waals surface area contributed by atoms with Crippen LogP contribution in [0.3, 0.4) is 0 Å². The molecule has 1 aliphatic rings. The minimum atomic E-state index is -1.55. The molecule has 0 aromatic heterocycles. The SMILES string of the molecule is CC[C@H](C)[C@H](NC(=O)CNC(=O)[C@@H](NC(=O)[C@@H]1CCCN1C(=O)[C@H](CC(N)=O)NC(=O)[C@@H](N)CCC(N)=O)[C@@H](C)O)C(=O)O. The minimum Gasteiger partial charge on any atom is -0.480 e. The number of primary amides is 2. The molecule has 7 amide bonds. The van der Waals surface area contributed by atoms with Crippen LogP contribution in [-0.4, -0.2) is 112 Å². The highest BCUT2D eigenvalue weighted by molar-refractivity contribution is 5.97. The third-order valence-electron chi connectivity index (χ3n) is 7.18. The number of aliphatic carboxylic acids is 1.